The summed E-state index contributed by atoms with van der Waals surface area (Å²) >= 11 is 0. The predicted octanol–water partition coefficient (Wildman–Crippen LogP) is 2.29. The van der Waals surface area contributed by atoms with Crippen molar-refractivity contribution in [3.8, 4) is 5.75 Å². The summed E-state index contributed by atoms with van der Waals surface area (Å²) in [5, 5.41) is 12.0. The molecule has 0 spiro atoms. The summed E-state index contributed by atoms with van der Waals surface area (Å²) in [6, 6.07) is 9.90. The van der Waals surface area contributed by atoms with E-state index in [2.05, 4.69) is 5.32 Å². The largest absolute Gasteiger partial charge is 0.508 e. The van der Waals surface area contributed by atoms with Crippen LogP contribution in [-0.2, 0) is 11.2 Å². The van der Waals surface area contributed by atoms with E-state index < -0.39 is 0 Å². The molecule has 0 saturated carbocycles. The number of amides is 1. The van der Waals surface area contributed by atoms with Crippen molar-refractivity contribution in [1.82, 2.24) is 0 Å². The van der Waals surface area contributed by atoms with E-state index in [0.717, 1.165) is 0 Å². The van der Waals surface area contributed by atoms with Gasteiger partial charge in [0, 0.05) is 11.4 Å². The Morgan fingerprint density at radius 2 is 1.89 bits per heavy atom. The minimum absolute atomic E-state index is 0.0393. The smallest absolute Gasteiger partial charge is 0.228 e. The molecule has 0 radical (unpaired) electrons. The molecular weight excluding hydrogens is 247 g/mol. The minimum atomic E-state index is -0.366. The Kier molecular flexibility index (Phi) is 3.66. The number of carbonyl (C=O) groups excluding carboxylic acids is 1. The highest BCUT2D eigenvalue weighted by molar-refractivity contribution is 5.93. The lowest BCUT2D eigenvalue weighted by molar-refractivity contribution is -0.115. The molecule has 0 bridgehead atoms. The highest BCUT2D eigenvalue weighted by atomic mass is 19.1. The van der Waals surface area contributed by atoms with Crippen LogP contribution in [0.3, 0.4) is 0 Å². The third kappa shape index (κ3) is 3.45. The van der Waals surface area contributed by atoms with Crippen LogP contribution in [0.5, 0.6) is 5.75 Å². The zero-order valence-electron chi connectivity index (χ0n) is 10.1. The fourth-order valence-corrected chi connectivity index (χ4v) is 1.66. The van der Waals surface area contributed by atoms with Crippen molar-refractivity contribution >= 4 is 17.3 Å². The molecule has 19 heavy (non-hydrogen) atoms. The first kappa shape index (κ1) is 12.9. The maximum atomic E-state index is 12.7. The maximum absolute atomic E-state index is 12.7. The van der Waals surface area contributed by atoms with Crippen LogP contribution >= 0.6 is 0 Å². The van der Waals surface area contributed by atoms with Gasteiger partial charge in [0.1, 0.15) is 11.6 Å². The fraction of sp³-hybridized carbons (Fsp3) is 0.0714. The number of nitrogens with one attached hydrogen (secondary N) is 1. The van der Waals surface area contributed by atoms with Crippen LogP contribution in [0.15, 0.2) is 42.5 Å². The quantitative estimate of drug-likeness (QED) is 0.585. The van der Waals surface area contributed by atoms with Gasteiger partial charge in [0.2, 0.25) is 5.91 Å². The summed E-state index contributed by atoms with van der Waals surface area (Å²) in [5.74, 6) is -0.599. The maximum Gasteiger partial charge on any atom is 0.228 e. The van der Waals surface area contributed by atoms with E-state index in [1.165, 1.54) is 42.5 Å². The molecule has 0 saturated heterocycles. The van der Waals surface area contributed by atoms with Crippen molar-refractivity contribution in [3.63, 3.8) is 0 Å². The third-order valence-corrected chi connectivity index (χ3v) is 2.61. The molecule has 0 aromatic heterocycles. The molecule has 0 aliphatic carbocycles. The molecule has 4 N–H and O–H groups in total. The van der Waals surface area contributed by atoms with Gasteiger partial charge >= 0.3 is 0 Å². The second-order valence-electron chi connectivity index (χ2n) is 4.11. The fourth-order valence-electron chi connectivity index (χ4n) is 1.66. The first-order chi connectivity index (χ1) is 9.04. The summed E-state index contributed by atoms with van der Waals surface area (Å²) in [6.45, 7) is 0. The number of nitrogens with two attached hydrogens (primary N) is 1. The van der Waals surface area contributed by atoms with Gasteiger partial charge in [-0.05, 0) is 48.0 Å². The topological polar surface area (TPSA) is 75.3 Å². The highest BCUT2D eigenvalue weighted by Gasteiger charge is 2.08. The van der Waals surface area contributed by atoms with Crippen LogP contribution in [0.1, 0.15) is 5.56 Å². The molecule has 2 aromatic rings. The number of hydrogen-bond donors (Lipinski definition) is 3. The summed E-state index contributed by atoms with van der Waals surface area (Å²) in [4.78, 5) is 11.8. The van der Waals surface area contributed by atoms with Gasteiger partial charge in [0.15, 0.2) is 0 Å². The summed E-state index contributed by atoms with van der Waals surface area (Å²) < 4.78 is 12.7. The zero-order chi connectivity index (χ0) is 13.8. The Morgan fingerprint density at radius 3 is 2.58 bits per heavy atom. The van der Waals surface area contributed by atoms with E-state index in [4.69, 9.17) is 5.73 Å². The number of carbonyl (C=O) groups is 1. The van der Waals surface area contributed by atoms with Crippen LogP contribution in [0.25, 0.3) is 0 Å². The van der Waals surface area contributed by atoms with E-state index in [9.17, 15) is 14.3 Å². The Hall–Kier alpha value is -2.56. The summed E-state index contributed by atoms with van der Waals surface area (Å²) in [5.41, 5.74) is 7.19. The molecule has 5 heteroatoms. The van der Waals surface area contributed by atoms with Gasteiger partial charge in [0.25, 0.3) is 0 Å². The number of nitrogen functional groups attached to an aromatic ring is 1. The van der Waals surface area contributed by atoms with Crippen LogP contribution < -0.4 is 11.1 Å². The highest BCUT2D eigenvalue weighted by Crippen LogP contribution is 2.19. The van der Waals surface area contributed by atoms with E-state index in [1.807, 2.05) is 0 Å². The number of hydrogen-bond acceptors (Lipinski definition) is 3. The van der Waals surface area contributed by atoms with Gasteiger partial charge in [-0.1, -0.05) is 0 Å². The monoisotopic (exact) mass is 260 g/mol. The Balaban J connectivity index is 2.05. The lowest BCUT2D eigenvalue weighted by Crippen LogP contribution is -2.15. The number of phenolic OH excluding ortho intramolecular Hbond substituents is 1. The first-order valence-corrected chi connectivity index (χ1v) is 5.67. The number of aromatic hydroxyl groups is 1. The number of anilines is 2. The lowest BCUT2D eigenvalue weighted by Gasteiger charge is -2.07. The summed E-state index contributed by atoms with van der Waals surface area (Å²) in [6.07, 6.45) is 0.0393. The second kappa shape index (κ2) is 5.39. The molecule has 1 amide bonds. The molecule has 0 unspecified atom stereocenters. The van der Waals surface area contributed by atoms with Crippen molar-refractivity contribution in [1.29, 1.82) is 0 Å². The summed E-state index contributed by atoms with van der Waals surface area (Å²) in [7, 11) is 0. The molecule has 2 aromatic carbocycles. The zero-order valence-corrected chi connectivity index (χ0v) is 10.1. The SMILES string of the molecule is Nc1ccc(O)cc1CC(=O)Nc1ccc(F)cc1. The standard InChI is InChI=1S/C14H13FN2O2/c15-10-1-3-11(4-2-10)17-14(19)8-9-7-12(18)5-6-13(9)16/h1-7,18H,8,16H2,(H,17,19). The third-order valence-electron chi connectivity index (χ3n) is 2.61. The average Bonchev–Trinajstić information content (AvgIpc) is 2.37. The van der Waals surface area contributed by atoms with Crippen molar-refractivity contribution in [2.75, 3.05) is 11.1 Å². The van der Waals surface area contributed by atoms with E-state index in [1.54, 1.807) is 0 Å². The molecule has 0 aliphatic rings. The van der Waals surface area contributed by atoms with Crippen molar-refractivity contribution in [3.05, 3.63) is 53.8 Å². The first-order valence-electron chi connectivity index (χ1n) is 5.67. The second-order valence-corrected chi connectivity index (χ2v) is 4.11. The average molecular weight is 260 g/mol. The normalized spacial score (nSPS) is 10.2. The van der Waals surface area contributed by atoms with Gasteiger partial charge in [-0.25, -0.2) is 4.39 Å². The van der Waals surface area contributed by atoms with E-state index in [0.29, 0.717) is 16.9 Å². The number of phenols is 1. The van der Waals surface area contributed by atoms with Gasteiger partial charge in [-0.2, -0.15) is 0 Å². The molecule has 0 atom stereocenters. The van der Waals surface area contributed by atoms with Gasteiger partial charge < -0.3 is 16.2 Å². The molecule has 4 nitrogen and oxygen atoms in total. The van der Waals surface area contributed by atoms with Crippen molar-refractivity contribution in [2.45, 2.75) is 6.42 Å². The van der Waals surface area contributed by atoms with Gasteiger partial charge in [-0.3, -0.25) is 4.79 Å². The van der Waals surface area contributed by atoms with Crippen molar-refractivity contribution in [2.24, 2.45) is 0 Å². The van der Waals surface area contributed by atoms with Crippen LogP contribution in [-0.4, -0.2) is 11.0 Å². The number of halogens is 1. The Morgan fingerprint density at radius 1 is 1.21 bits per heavy atom. The Labute approximate surface area is 109 Å². The molecule has 0 aliphatic heterocycles. The van der Waals surface area contributed by atoms with E-state index >= 15 is 0 Å². The van der Waals surface area contributed by atoms with Crippen molar-refractivity contribution < 1.29 is 14.3 Å². The van der Waals surface area contributed by atoms with Gasteiger partial charge in [0.05, 0.1) is 6.42 Å². The predicted molar refractivity (Wildman–Crippen MR) is 71.3 cm³/mol. The molecular formula is C14H13FN2O2. The number of rotatable bonds is 3. The molecule has 2 rings (SSSR count). The molecule has 0 heterocycles. The number of benzene rings is 2. The Bertz CT molecular complexity index is 597. The lowest BCUT2D eigenvalue weighted by atomic mass is 10.1. The van der Waals surface area contributed by atoms with Crippen LogP contribution in [0.4, 0.5) is 15.8 Å². The van der Waals surface area contributed by atoms with Gasteiger partial charge in [-0.15, -0.1) is 0 Å². The van der Waals surface area contributed by atoms with Crippen LogP contribution in [0, 0.1) is 5.82 Å². The molecule has 0 fully saturated rings. The minimum Gasteiger partial charge on any atom is -0.508 e. The molecule has 98 valence electrons. The van der Waals surface area contributed by atoms with E-state index in [-0.39, 0.29) is 23.9 Å². The van der Waals surface area contributed by atoms with Crippen LogP contribution in [0.2, 0.25) is 0 Å².